The molecule has 10 heteroatoms. The summed E-state index contributed by atoms with van der Waals surface area (Å²) in [6.07, 6.45) is -0.337. The van der Waals surface area contributed by atoms with E-state index in [0.29, 0.717) is 0 Å². The third-order valence-electron chi connectivity index (χ3n) is 5.14. The van der Waals surface area contributed by atoms with Crippen LogP contribution in [0, 0.1) is 0 Å². The summed E-state index contributed by atoms with van der Waals surface area (Å²) in [7, 11) is 0. The number of benzene rings is 2. The maximum atomic E-state index is 13.1. The van der Waals surface area contributed by atoms with Crippen LogP contribution in [0.2, 0.25) is 0 Å². The van der Waals surface area contributed by atoms with Crippen molar-refractivity contribution in [2.24, 2.45) is 4.99 Å². The van der Waals surface area contributed by atoms with Crippen molar-refractivity contribution < 1.29 is 40.2 Å². The maximum Gasteiger partial charge on any atom is 0.247 e. The molecule has 2 aromatic carbocycles. The molecule has 3 rings (SSSR count). The van der Waals surface area contributed by atoms with Gasteiger partial charge in [-0.1, -0.05) is 13.2 Å². The Morgan fingerprint density at radius 2 is 1.53 bits per heavy atom. The SMILES string of the molecule is C=COC=Nc1cc(O)cc(O)c1C1C([O-])C(c2c(O)cc(O)cc2NC(=O)C=C)C1[O-]. The molecule has 1 saturated carbocycles. The lowest BCUT2D eigenvalue weighted by Gasteiger charge is -2.62. The molecule has 168 valence electrons. The minimum Gasteiger partial charge on any atom is -0.851 e. The van der Waals surface area contributed by atoms with Crippen LogP contribution >= 0.6 is 0 Å². The lowest BCUT2D eigenvalue weighted by atomic mass is 9.62. The fourth-order valence-electron chi connectivity index (χ4n) is 3.78. The molecule has 0 aromatic heterocycles. The van der Waals surface area contributed by atoms with Gasteiger partial charge in [-0.3, -0.25) is 4.79 Å². The fourth-order valence-corrected chi connectivity index (χ4v) is 3.78. The van der Waals surface area contributed by atoms with Gasteiger partial charge >= 0.3 is 0 Å². The molecule has 1 amide bonds. The molecule has 1 aliphatic rings. The van der Waals surface area contributed by atoms with Crippen molar-refractivity contribution in [3.05, 3.63) is 60.9 Å². The van der Waals surface area contributed by atoms with Crippen LogP contribution in [0.15, 0.2) is 54.8 Å². The van der Waals surface area contributed by atoms with Gasteiger partial charge in [-0.05, 0) is 17.9 Å². The van der Waals surface area contributed by atoms with Crippen molar-refractivity contribution in [3.8, 4) is 23.0 Å². The van der Waals surface area contributed by atoms with Crippen molar-refractivity contribution in [3.63, 3.8) is 0 Å². The summed E-state index contributed by atoms with van der Waals surface area (Å²) in [4.78, 5) is 15.7. The molecule has 10 nitrogen and oxygen atoms in total. The number of phenols is 4. The van der Waals surface area contributed by atoms with Gasteiger partial charge in [0.2, 0.25) is 5.91 Å². The van der Waals surface area contributed by atoms with Crippen molar-refractivity contribution in [1.29, 1.82) is 0 Å². The molecule has 0 heterocycles. The molecule has 5 N–H and O–H groups in total. The first-order valence-corrected chi connectivity index (χ1v) is 9.35. The van der Waals surface area contributed by atoms with Crippen LogP contribution in [0.4, 0.5) is 11.4 Å². The second kappa shape index (κ2) is 9.00. The lowest BCUT2D eigenvalue weighted by Crippen LogP contribution is -2.63. The third-order valence-corrected chi connectivity index (χ3v) is 5.14. The second-order valence-electron chi connectivity index (χ2n) is 7.04. The van der Waals surface area contributed by atoms with E-state index in [1.807, 2.05) is 0 Å². The van der Waals surface area contributed by atoms with Crippen LogP contribution in [-0.4, -0.2) is 44.9 Å². The number of hydrogen-bond donors (Lipinski definition) is 5. The maximum absolute atomic E-state index is 13.1. The van der Waals surface area contributed by atoms with Crippen LogP contribution in [0.5, 0.6) is 23.0 Å². The van der Waals surface area contributed by atoms with Gasteiger partial charge in [0.15, 0.2) is 6.40 Å². The number of aliphatic imine (C=N–C) groups is 1. The molecule has 2 unspecified atom stereocenters. The monoisotopic (exact) mass is 440 g/mol. The summed E-state index contributed by atoms with van der Waals surface area (Å²) < 4.78 is 4.79. The van der Waals surface area contributed by atoms with E-state index in [0.717, 1.165) is 43.0 Å². The third kappa shape index (κ3) is 4.09. The fraction of sp³-hybridized carbons (Fsp3) is 0.182. The average molecular weight is 440 g/mol. The molecule has 2 aromatic rings. The molecular formula is C22H20N2O8-2. The van der Waals surface area contributed by atoms with Gasteiger partial charge in [0.1, 0.15) is 23.0 Å². The van der Waals surface area contributed by atoms with Crippen LogP contribution in [0.3, 0.4) is 0 Å². The van der Waals surface area contributed by atoms with Gasteiger partial charge in [-0.2, -0.15) is 0 Å². The first kappa shape index (κ1) is 22.7. The van der Waals surface area contributed by atoms with E-state index >= 15 is 0 Å². The highest BCUT2D eigenvalue weighted by molar-refractivity contribution is 6.00. The molecular weight excluding hydrogens is 420 g/mol. The molecule has 1 aliphatic carbocycles. The van der Waals surface area contributed by atoms with E-state index in [4.69, 9.17) is 4.74 Å². The molecule has 0 spiro atoms. The van der Waals surface area contributed by atoms with Crippen LogP contribution < -0.4 is 15.5 Å². The molecule has 0 aliphatic heterocycles. The van der Waals surface area contributed by atoms with Crippen molar-refractivity contribution >= 4 is 23.7 Å². The van der Waals surface area contributed by atoms with E-state index < -0.39 is 41.4 Å². The Balaban J connectivity index is 2.03. The number of ether oxygens (including phenoxy) is 1. The standard InChI is InChI=1S/C22H20N2O8/c1-3-16(29)24-13-6-11(26)8-15(28)18(13)20-21(30)19(22(20)31)17-12(23-9-32-4-2)5-10(25)7-14(17)27/h3-9,19-22,25-28H,1-2H2,(H,24,29)/q-2. The van der Waals surface area contributed by atoms with E-state index in [1.165, 1.54) is 0 Å². The lowest BCUT2D eigenvalue weighted by molar-refractivity contribution is -0.536. The van der Waals surface area contributed by atoms with Gasteiger partial charge in [0, 0.05) is 35.4 Å². The van der Waals surface area contributed by atoms with E-state index in [1.54, 1.807) is 0 Å². The Morgan fingerprint density at radius 3 is 2.12 bits per heavy atom. The summed E-state index contributed by atoms with van der Waals surface area (Å²) in [5.41, 5.74) is -0.375. The Morgan fingerprint density at radius 1 is 0.969 bits per heavy atom. The first-order valence-electron chi connectivity index (χ1n) is 9.35. The number of anilines is 1. The number of carbonyl (C=O) groups excluding carboxylic acids is 1. The van der Waals surface area contributed by atoms with E-state index in [2.05, 4.69) is 23.5 Å². The summed E-state index contributed by atoms with van der Waals surface area (Å²) in [6.45, 7) is 6.65. The van der Waals surface area contributed by atoms with Gasteiger partial charge in [0.25, 0.3) is 0 Å². The number of amides is 1. The molecule has 0 bridgehead atoms. The summed E-state index contributed by atoms with van der Waals surface area (Å²) >= 11 is 0. The quantitative estimate of drug-likeness (QED) is 0.181. The largest absolute Gasteiger partial charge is 0.851 e. The van der Waals surface area contributed by atoms with Crippen molar-refractivity contribution in [1.82, 2.24) is 0 Å². The number of aromatic hydroxyl groups is 4. The molecule has 0 saturated heterocycles. The molecule has 2 atom stereocenters. The number of nitrogens with one attached hydrogen (secondary N) is 1. The summed E-state index contributed by atoms with van der Waals surface area (Å²) in [5, 5.41) is 68.8. The molecule has 32 heavy (non-hydrogen) atoms. The van der Waals surface area contributed by atoms with Crippen molar-refractivity contribution in [2.45, 2.75) is 24.0 Å². The summed E-state index contributed by atoms with van der Waals surface area (Å²) in [6, 6.07) is 4.18. The zero-order valence-corrected chi connectivity index (χ0v) is 16.6. The highest BCUT2D eigenvalue weighted by atomic mass is 16.5. The number of hydrogen-bond acceptors (Lipinski definition) is 9. The number of phenolic OH excluding ortho intramolecular Hbond substituents is 4. The van der Waals surface area contributed by atoms with Crippen LogP contribution in [0.25, 0.3) is 0 Å². The predicted octanol–water partition coefficient (Wildman–Crippen LogP) is 0.792. The highest BCUT2D eigenvalue weighted by Crippen LogP contribution is 2.54. The minimum atomic E-state index is -1.66. The Kier molecular flexibility index (Phi) is 6.37. The second-order valence-corrected chi connectivity index (χ2v) is 7.04. The smallest absolute Gasteiger partial charge is 0.247 e. The van der Waals surface area contributed by atoms with Gasteiger partial charge in [-0.25, -0.2) is 4.99 Å². The Hall–Kier alpha value is -4.02. The first-order chi connectivity index (χ1) is 15.2. The Bertz CT molecular complexity index is 1090. The van der Waals surface area contributed by atoms with Crippen molar-refractivity contribution in [2.75, 3.05) is 5.32 Å². The molecule has 1 fully saturated rings. The van der Waals surface area contributed by atoms with Gasteiger partial charge in [-0.15, -0.1) is 12.2 Å². The van der Waals surface area contributed by atoms with Gasteiger partial charge < -0.3 is 40.7 Å². The number of nitrogens with zero attached hydrogens (tertiary/aromatic N) is 1. The summed E-state index contributed by atoms with van der Waals surface area (Å²) in [5.74, 6) is -5.04. The van der Waals surface area contributed by atoms with E-state index in [9.17, 15) is 35.4 Å². The highest BCUT2D eigenvalue weighted by Gasteiger charge is 2.43. The minimum absolute atomic E-state index is 0.0513. The number of carbonyl (C=O) groups is 1. The topological polar surface area (TPSA) is 178 Å². The zero-order valence-electron chi connectivity index (χ0n) is 16.6. The molecule has 0 radical (unpaired) electrons. The average Bonchev–Trinajstić information content (AvgIpc) is 2.72. The number of rotatable bonds is 7. The van der Waals surface area contributed by atoms with Crippen LogP contribution in [-0.2, 0) is 9.53 Å². The van der Waals surface area contributed by atoms with E-state index in [-0.39, 0.29) is 34.0 Å². The Labute approximate surface area is 182 Å². The predicted molar refractivity (Wildman–Crippen MR) is 111 cm³/mol. The normalized spacial score (nSPS) is 22.2. The van der Waals surface area contributed by atoms with Gasteiger partial charge in [0.05, 0.1) is 17.6 Å². The van der Waals surface area contributed by atoms with Crippen LogP contribution in [0.1, 0.15) is 23.0 Å². The zero-order chi connectivity index (χ0) is 23.6.